The Morgan fingerprint density at radius 3 is 2.53 bits per heavy atom. The number of pyridine rings is 1. The number of nitrogens with one attached hydrogen (secondary N) is 1. The van der Waals surface area contributed by atoms with Crippen molar-refractivity contribution in [2.75, 3.05) is 20.3 Å². The Kier molecular flexibility index (Phi) is 11.5. The van der Waals surface area contributed by atoms with Crippen LogP contribution in [0.3, 0.4) is 0 Å². The number of ether oxygens (including phenoxy) is 2. The summed E-state index contributed by atoms with van der Waals surface area (Å²) in [6.45, 7) is 7.67. The van der Waals surface area contributed by atoms with Gasteiger partial charge < -0.3 is 19.6 Å². The summed E-state index contributed by atoms with van der Waals surface area (Å²) in [6.07, 6.45) is 8.43. The number of benzene rings is 2. The summed E-state index contributed by atoms with van der Waals surface area (Å²) >= 11 is 0. The minimum Gasteiger partial charge on any atom is -0.485 e. The number of nitrogens with zero attached hydrogens (tertiary/aromatic N) is 1. The number of H-pyrrole nitrogens is 1. The summed E-state index contributed by atoms with van der Waals surface area (Å²) in [5.41, 5.74) is 4.55. The topological polar surface area (TPSA) is 91.9 Å². The molecule has 2 aromatic carbocycles. The highest BCUT2D eigenvalue weighted by Crippen LogP contribution is 2.38. The zero-order chi connectivity index (χ0) is 30.9. The molecule has 2 N–H and O–H groups in total. The first-order valence-corrected chi connectivity index (χ1v) is 15.6. The van der Waals surface area contributed by atoms with Gasteiger partial charge in [-0.3, -0.25) is 14.5 Å². The smallest absolute Gasteiger partial charge is 0.306 e. The van der Waals surface area contributed by atoms with Crippen LogP contribution in [0.1, 0.15) is 81.2 Å². The molecule has 1 saturated heterocycles. The maximum atomic E-state index is 14.8. The first-order valence-electron chi connectivity index (χ1n) is 15.6. The zero-order valence-corrected chi connectivity index (χ0v) is 25.8. The zero-order valence-electron chi connectivity index (χ0n) is 25.8. The third-order valence-corrected chi connectivity index (χ3v) is 8.01. The Morgan fingerprint density at radius 1 is 1.09 bits per heavy atom. The van der Waals surface area contributed by atoms with Crippen molar-refractivity contribution in [1.82, 2.24) is 9.88 Å². The highest BCUT2D eigenvalue weighted by atomic mass is 19.1. The van der Waals surface area contributed by atoms with E-state index in [0.29, 0.717) is 25.1 Å². The van der Waals surface area contributed by atoms with Crippen molar-refractivity contribution < 1.29 is 23.8 Å². The molecule has 3 heterocycles. The predicted molar refractivity (Wildman–Crippen MR) is 167 cm³/mol. The summed E-state index contributed by atoms with van der Waals surface area (Å²) in [5.74, 6) is -0.991. The SMILES string of the molecule is C1CC1.CC.CC(Cc1ccc2c(c1)O[C@H](c1ccc(-c3cc(=O)[nH]cc3F)c(CN(C)C3CCOC3)c1)CC2)C(=O)O. The van der Waals surface area contributed by atoms with Gasteiger partial charge in [-0.05, 0) is 66.6 Å². The number of aromatic nitrogens is 1. The van der Waals surface area contributed by atoms with Gasteiger partial charge >= 0.3 is 5.97 Å². The maximum absolute atomic E-state index is 14.8. The third kappa shape index (κ3) is 8.77. The van der Waals surface area contributed by atoms with Crippen LogP contribution in [0.5, 0.6) is 5.75 Å². The number of rotatable bonds is 8. The molecule has 3 aromatic rings. The molecule has 0 radical (unpaired) electrons. The lowest BCUT2D eigenvalue weighted by Gasteiger charge is -2.29. The van der Waals surface area contributed by atoms with E-state index in [2.05, 4.69) is 16.0 Å². The van der Waals surface area contributed by atoms with E-state index in [1.807, 2.05) is 51.2 Å². The predicted octanol–water partition coefficient (Wildman–Crippen LogP) is 6.93. The molecule has 0 amide bonds. The number of fused-ring (bicyclic) bond motifs is 1. The van der Waals surface area contributed by atoms with Crippen molar-refractivity contribution >= 4 is 5.97 Å². The van der Waals surface area contributed by atoms with E-state index in [1.54, 1.807) is 6.92 Å². The molecule has 43 heavy (non-hydrogen) atoms. The molecule has 1 aromatic heterocycles. The molecule has 6 rings (SSSR count). The molecule has 232 valence electrons. The first kappa shape index (κ1) is 32.4. The molecular weight excluding hydrogens is 547 g/mol. The van der Waals surface area contributed by atoms with Crippen molar-refractivity contribution in [3.8, 4) is 16.9 Å². The molecule has 8 heteroatoms. The highest BCUT2D eigenvalue weighted by Gasteiger charge is 2.26. The second kappa shape index (κ2) is 15.3. The van der Waals surface area contributed by atoms with Gasteiger partial charge in [0.15, 0.2) is 0 Å². The summed E-state index contributed by atoms with van der Waals surface area (Å²) in [5, 5.41) is 9.28. The molecule has 0 spiro atoms. The number of aliphatic carboxylic acids is 1. The number of likely N-dealkylation sites (N-methyl/N-ethyl adjacent to an activating group) is 1. The van der Waals surface area contributed by atoms with Crippen LogP contribution in [0, 0.1) is 11.7 Å². The van der Waals surface area contributed by atoms with Crippen LogP contribution in [-0.4, -0.2) is 47.3 Å². The van der Waals surface area contributed by atoms with Crippen LogP contribution in [0.15, 0.2) is 53.5 Å². The molecule has 7 nitrogen and oxygen atoms in total. The van der Waals surface area contributed by atoms with Gasteiger partial charge in [0.1, 0.15) is 17.7 Å². The van der Waals surface area contributed by atoms with E-state index in [0.717, 1.165) is 60.1 Å². The lowest BCUT2D eigenvalue weighted by Crippen LogP contribution is -2.31. The number of carbonyl (C=O) groups is 1. The molecule has 0 bridgehead atoms. The van der Waals surface area contributed by atoms with Gasteiger partial charge in [0.25, 0.3) is 0 Å². The van der Waals surface area contributed by atoms with Crippen LogP contribution in [0.2, 0.25) is 0 Å². The third-order valence-electron chi connectivity index (χ3n) is 8.01. The van der Waals surface area contributed by atoms with Gasteiger partial charge in [0.2, 0.25) is 5.56 Å². The Hall–Kier alpha value is -3.49. The Morgan fingerprint density at radius 2 is 1.86 bits per heavy atom. The quantitative estimate of drug-likeness (QED) is 0.295. The number of hydrogen-bond acceptors (Lipinski definition) is 5. The van der Waals surface area contributed by atoms with Crippen LogP contribution in [-0.2, 0) is 28.9 Å². The van der Waals surface area contributed by atoms with Gasteiger partial charge in [-0.15, -0.1) is 0 Å². The van der Waals surface area contributed by atoms with E-state index in [1.165, 1.54) is 25.3 Å². The minimum atomic E-state index is -0.819. The van der Waals surface area contributed by atoms with Crippen LogP contribution < -0.4 is 10.3 Å². The minimum absolute atomic E-state index is 0.188. The molecule has 3 atom stereocenters. The van der Waals surface area contributed by atoms with Crippen molar-refractivity contribution in [2.45, 2.75) is 84.4 Å². The van der Waals surface area contributed by atoms with E-state index in [4.69, 9.17) is 9.47 Å². The van der Waals surface area contributed by atoms with Gasteiger partial charge in [0, 0.05) is 37.0 Å². The second-order valence-electron chi connectivity index (χ2n) is 11.5. The first-order chi connectivity index (χ1) is 20.8. The Labute approximate surface area is 254 Å². The monoisotopic (exact) mass is 592 g/mol. The van der Waals surface area contributed by atoms with Crippen molar-refractivity contribution in [1.29, 1.82) is 0 Å². The van der Waals surface area contributed by atoms with Gasteiger partial charge in [0.05, 0.1) is 12.5 Å². The van der Waals surface area contributed by atoms with Crippen LogP contribution in [0.4, 0.5) is 4.39 Å². The van der Waals surface area contributed by atoms with Gasteiger partial charge in [-0.1, -0.05) is 70.4 Å². The maximum Gasteiger partial charge on any atom is 0.306 e. The van der Waals surface area contributed by atoms with Crippen molar-refractivity contribution in [3.05, 3.63) is 87.1 Å². The number of aryl methyl sites for hydroxylation is 1. The molecule has 2 unspecified atom stereocenters. The molecule has 1 saturated carbocycles. The second-order valence-corrected chi connectivity index (χ2v) is 11.5. The van der Waals surface area contributed by atoms with E-state index >= 15 is 0 Å². The summed E-state index contributed by atoms with van der Waals surface area (Å²) in [7, 11) is 2.04. The van der Waals surface area contributed by atoms with E-state index in [-0.39, 0.29) is 23.3 Å². The number of aromatic amines is 1. The number of carboxylic acids is 1. The summed E-state index contributed by atoms with van der Waals surface area (Å²) in [4.78, 5) is 27.9. The van der Waals surface area contributed by atoms with E-state index in [9.17, 15) is 19.1 Å². The molecular formula is C35H45FN2O5. The fourth-order valence-electron chi connectivity index (χ4n) is 5.35. The molecule has 1 aliphatic carbocycles. The highest BCUT2D eigenvalue weighted by molar-refractivity contribution is 5.70. The average molecular weight is 593 g/mol. The number of halogens is 1. The molecule has 2 fully saturated rings. The lowest BCUT2D eigenvalue weighted by molar-refractivity contribution is -0.141. The lowest BCUT2D eigenvalue weighted by atomic mass is 9.91. The van der Waals surface area contributed by atoms with Gasteiger partial charge in [-0.2, -0.15) is 0 Å². The summed E-state index contributed by atoms with van der Waals surface area (Å²) in [6, 6.07) is 13.4. The van der Waals surface area contributed by atoms with Crippen molar-refractivity contribution in [3.63, 3.8) is 0 Å². The normalized spacial score (nSPS) is 19.2. The van der Waals surface area contributed by atoms with E-state index < -0.39 is 17.7 Å². The number of carboxylic acid groups (broad SMARTS) is 1. The summed E-state index contributed by atoms with van der Waals surface area (Å²) < 4.78 is 26.8. The Bertz CT molecular complexity index is 1430. The average Bonchev–Trinajstić information content (AvgIpc) is 3.80. The number of hydrogen-bond donors (Lipinski definition) is 2. The largest absolute Gasteiger partial charge is 0.485 e. The fraction of sp³-hybridized carbons (Fsp3) is 0.486. The van der Waals surface area contributed by atoms with Crippen molar-refractivity contribution in [2.24, 2.45) is 5.92 Å². The standard InChI is InChI=1S/C30H33FN2O5.C3H6.C2H6/c1-18(30(35)36)11-19-3-4-20-6-8-27(38-28(20)12-19)21-5-7-24(25-14-29(34)32-15-26(25)31)22(13-21)16-33(2)23-9-10-37-17-23;1-2-3-1;1-2/h3-5,7,12-15,18,23,27H,6,8-11,16-17H2,1-2H3,(H,32,34)(H,35,36);1-3H2;1-2H3/t18?,23?,27-;;/m0../s1. The van der Waals surface area contributed by atoms with Crippen LogP contribution in [0.25, 0.3) is 11.1 Å². The van der Waals surface area contributed by atoms with Gasteiger partial charge in [-0.25, -0.2) is 4.39 Å². The Balaban J connectivity index is 0.000000782. The fourth-order valence-corrected chi connectivity index (χ4v) is 5.35. The van der Waals surface area contributed by atoms with Crippen LogP contribution >= 0.6 is 0 Å². The molecule has 3 aliphatic rings. The molecule has 2 aliphatic heterocycles.